The fraction of sp³-hybridized carbons (Fsp3) is 0.182. The highest BCUT2D eigenvalue weighted by Gasteiger charge is 2.11. The van der Waals surface area contributed by atoms with Crippen LogP contribution in [0.2, 0.25) is 0 Å². The molecule has 156 valence electrons. The molecule has 0 fully saturated rings. The van der Waals surface area contributed by atoms with Gasteiger partial charge in [0, 0.05) is 33.1 Å². The Bertz CT molecular complexity index is 856. The van der Waals surface area contributed by atoms with Crippen molar-refractivity contribution in [2.75, 3.05) is 25.7 Å². The molecule has 8 heteroatoms. The molecular weight excluding hydrogens is 424 g/mol. The van der Waals surface area contributed by atoms with E-state index < -0.39 is 25.2 Å². The predicted molar refractivity (Wildman–Crippen MR) is 116 cm³/mol. The smallest absolute Gasteiger partial charge is 0.331 e. The Kier molecular flexibility index (Phi) is 9.37. The molecule has 2 aromatic carbocycles. The normalized spacial score (nSPS) is 10.6. The molecule has 0 aliphatic rings. The SMILES string of the molecule is CSc1ccc(C(=O)COC(=O)/C=C/C(=O)OCC(=O)c2ccc(SC)cc2)cc1. The molecule has 30 heavy (non-hydrogen) atoms. The van der Waals surface area contributed by atoms with Gasteiger partial charge in [-0.2, -0.15) is 0 Å². The number of thioether (sulfide) groups is 2. The monoisotopic (exact) mass is 444 g/mol. The van der Waals surface area contributed by atoms with Crippen LogP contribution in [-0.4, -0.2) is 49.2 Å². The lowest BCUT2D eigenvalue weighted by Gasteiger charge is -2.04. The first-order chi connectivity index (χ1) is 14.4. The highest BCUT2D eigenvalue weighted by molar-refractivity contribution is 7.98. The molecule has 0 spiro atoms. The predicted octanol–water partition coefficient (Wildman–Crippen LogP) is 3.84. The summed E-state index contributed by atoms with van der Waals surface area (Å²) < 4.78 is 9.65. The van der Waals surface area contributed by atoms with Gasteiger partial charge in [-0.15, -0.1) is 23.5 Å². The largest absolute Gasteiger partial charge is 0.454 e. The number of benzene rings is 2. The second-order valence-corrected chi connectivity index (χ2v) is 7.61. The Morgan fingerprint density at radius 2 is 1.00 bits per heavy atom. The van der Waals surface area contributed by atoms with E-state index in [4.69, 9.17) is 9.47 Å². The molecule has 0 bridgehead atoms. The molecule has 0 aromatic heterocycles. The summed E-state index contributed by atoms with van der Waals surface area (Å²) in [6.45, 7) is -0.886. The van der Waals surface area contributed by atoms with Gasteiger partial charge in [-0.05, 0) is 36.8 Å². The Labute approximate surface area is 183 Å². The van der Waals surface area contributed by atoms with Gasteiger partial charge in [0.25, 0.3) is 0 Å². The average Bonchev–Trinajstić information content (AvgIpc) is 2.79. The molecular formula is C22H20O6S2. The van der Waals surface area contributed by atoms with Crippen molar-refractivity contribution >= 4 is 47.0 Å². The lowest BCUT2D eigenvalue weighted by Crippen LogP contribution is -2.14. The van der Waals surface area contributed by atoms with Crippen LogP contribution < -0.4 is 0 Å². The first-order valence-corrected chi connectivity index (χ1v) is 11.2. The number of carbonyl (C=O) groups is 4. The van der Waals surface area contributed by atoms with Gasteiger partial charge in [-0.3, -0.25) is 9.59 Å². The zero-order valence-electron chi connectivity index (χ0n) is 16.5. The maximum Gasteiger partial charge on any atom is 0.331 e. The number of ether oxygens (including phenoxy) is 2. The summed E-state index contributed by atoms with van der Waals surface area (Å²) in [5.41, 5.74) is 0.848. The van der Waals surface area contributed by atoms with Crippen LogP contribution in [0.5, 0.6) is 0 Å². The van der Waals surface area contributed by atoms with E-state index >= 15 is 0 Å². The van der Waals surface area contributed by atoms with Crippen molar-refractivity contribution in [1.29, 1.82) is 0 Å². The third-order valence-corrected chi connectivity index (χ3v) is 5.36. The Morgan fingerprint density at radius 3 is 1.30 bits per heavy atom. The van der Waals surface area contributed by atoms with Crippen molar-refractivity contribution in [2.24, 2.45) is 0 Å². The summed E-state index contributed by atoms with van der Waals surface area (Å²) in [7, 11) is 0. The second kappa shape index (κ2) is 12.0. The van der Waals surface area contributed by atoms with Gasteiger partial charge in [0.15, 0.2) is 24.8 Å². The van der Waals surface area contributed by atoms with Crippen molar-refractivity contribution in [3.8, 4) is 0 Å². The average molecular weight is 445 g/mol. The molecule has 0 saturated heterocycles. The minimum Gasteiger partial charge on any atom is -0.454 e. The van der Waals surface area contributed by atoms with Gasteiger partial charge in [-0.25, -0.2) is 9.59 Å². The molecule has 2 aromatic rings. The lowest BCUT2D eigenvalue weighted by atomic mass is 10.1. The molecule has 0 aliphatic carbocycles. The van der Waals surface area contributed by atoms with E-state index in [1.54, 1.807) is 72.1 Å². The van der Waals surface area contributed by atoms with E-state index in [2.05, 4.69) is 0 Å². The summed E-state index contributed by atoms with van der Waals surface area (Å²) in [5, 5.41) is 0. The van der Waals surface area contributed by atoms with Crippen LogP contribution >= 0.6 is 23.5 Å². The van der Waals surface area contributed by atoms with Crippen molar-refractivity contribution in [2.45, 2.75) is 9.79 Å². The quantitative estimate of drug-likeness (QED) is 0.236. The molecule has 2 rings (SSSR count). The third kappa shape index (κ3) is 7.53. The molecule has 0 radical (unpaired) electrons. The number of ketones is 2. The van der Waals surface area contributed by atoms with Crippen LogP contribution in [0.25, 0.3) is 0 Å². The zero-order chi connectivity index (χ0) is 21.9. The minimum atomic E-state index is -0.861. The number of esters is 2. The third-order valence-electron chi connectivity index (χ3n) is 3.87. The maximum atomic E-state index is 12.0. The number of hydrogen-bond donors (Lipinski definition) is 0. The van der Waals surface area contributed by atoms with Gasteiger partial charge in [-0.1, -0.05) is 24.3 Å². The first kappa shape index (κ1) is 23.4. The zero-order valence-corrected chi connectivity index (χ0v) is 18.1. The number of rotatable bonds is 10. The minimum absolute atomic E-state index is 0.356. The van der Waals surface area contributed by atoms with Gasteiger partial charge in [0.2, 0.25) is 0 Å². The summed E-state index contributed by atoms with van der Waals surface area (Å²) in [6.07, 6.45) is 5.55. The van der Waals surface area contributed by atoms with Crippen LogP contribution in [0, 0.1) is 0 Å². The van der Waals surface area contributed by atoms with E-state index in [1.165, 1.54) is 0 Å². The number of carbonyl (C=O) groups excluding carboxylic acids is 4. The Balaban J connectivity index is 1.74. The molecule has 0 amide bonds. The standard InChI is InChI=1S/C22H20O6S2/c1-29-17-7-3-15(4-8-17)19(23)13-27-21(25)11-12-22(26)28-14-20(24)16-5-9-18(30-2)10-6-16/h3-12H,13-14H2,1-2H3/b12-11+. The van der Waals surface area contributed by atoms with Gasteiger partial charge in [0.05, 0.1) is 0 Å². The first-order valence-electron chi connectivity index (χ1n) is 8.79. The van der Waals surface area contributed by atoms with Gasteiger partial charge < -0.3 is 9.47 Å². The van der Waals surface area contributed by atoms with Crippen LogP contribution in [0.1, 0.15) is 20.7 Å². The van der Waals surface area contributed by atoms with Crippen LogP contribution in [0.3, 0.4) is 0 Å². The summed E-state index contributed by atoms with van der Waals surface area (Å²) >= 11 is 3.10. The second-order valence-electron chi connectivity index (χ2n) is 5.85. The fourth-order valence-electron chi connectivity index (χ4n) is 2.23. The van der Waals surface area contributed by atoms with Crippen LogP contribution in [-0.2, 0) is 19.1 Å². The molecule has 6 nitrogen and oxygen atoms in total. The van der Waals surface area contributed by atoms with Crippen LogP contribution in [0.15, 0.2) is 70.5 Å². The van der Waals surface area contributed by atoms with Gasteiger partial charge in [0.1, 0.15) is 0 Å². The van der Waals surface area contributed by atoms with Crippen molar-refractivity contribution < 1.29 is 28.7 Å². The van der Waals surface area contributed by atoms with E-state index in [-0.39, 0.29) is 11.6 Å². The topological polar surface area (TPSA) is 86.7 Å². The van der Waals surface area contributed by atoms with Crippen molar-refractivity contribution in [1.82, 2.24) is 0 Å². The van der Waals surface area contributed by atoms with Crippen LogP contribution in [0.4, 0.5) is 0 Å². The molecule has 0 saturated carbocycles. The molecule has 0 atom stereocenters. The lowest BCUT2D eigenvalue weighted by molar-refractivity contribution is -0.139. The summed E-state index contributed by atoms with van der Waals surface area (Å²) in [5.74, 6) is -2.44. The highest BCUT2D eigenvalue weighted by atomic mass is 32.2. The number of hydrogen-bond acceptors (Lipinski definition) is 8. The maximum absolute atomic E-state index is 12.0. The Hall–Kier alpha value is -2.84. The van der Waals surface area contributed by atoms with E-state index in [1.807, 2.05) is 12.5 Å². The van der Waals surface area contributed by atoms with Crippen molar-refractivity contribution in [3.63, 3.8) is 0 Å². The molecule has 0 heterocycles. The summed E-state index contributed by atoms with van der Waals surface area (Å²) in [4.78, 5) is 49.4. The van der Waals surface area contributed by atoms with E-state index in [0.29, 0.717) is 11.1 Å². The molecule has 0 unspecified atom stereocenters. The van der Waals surface area contributed by atoms with Gasteiger partial charge >= 0.3 is 11.9 Å². The summed E-state index contributed by atoms with van der Waals surface area (Å²) in [6, 6.07) is 13.8. The highest BCUT2D eigenvalue weighted by Crippen LogP contribution is 2.16. The molecule has 0 N–H and O–H groups in total. The number of Topliss-reactive ketones (excluding diaryl/α,β-unsaturated/α-hetero) is 2. The van der Waals surface area contributed by atoms with E-state index in [9.17, 15) is 19.2 Å². The van der Waals surface area contributed by atoms with E-state index in [0.717, 1.165) is 21.9 Å². The fourth-order valence-corrected chi connectivity index (χ4v) is 3.04. The Morgan fingerprint density at radius 1 is 0.667 bits per heavy atom. The van der Waals surface area contributed by atoms with Crippen molar-refractivity contribution in [3.05, 3.63) is 71.8 Å². The molecule has 0 aliphatic heterocycles.